The summed E-state index contributed by atoms with van der Waals surface area (Å²) in [4.78, 5) is 7.95. The molecular formula is C8H11N5. The van der Waals surface area contributed by atoms with Crippen molar-refractivity contribution in [3.8, 4) is 0 Å². The summed E-state index contributed by atoms with van der Waals surface area (Å²) in [5, 5.41) is 10.4. The minimum absolute atomic E-state index is 0.0977. The zero-order valence-electron chi connectivity index (χ0n) is 7.12. The second kappa shape index (κ2) is 3.01. The molecule has 0 aliphatic heterocycles. The number of nitrogen functional groups attached to an aromatic ring is 1. The van der Waals surface area contributed by atoms with Gasteiger partial charge < -0.3 is 11.1 Å². The summed E-state index contributed by atoms with van der Waals surface area (Å²) in [6.45, 7) is 0. The van der Waals surface area contributed by atoms with Crippen molar-refractivity contribution in [3.63, 3.8) is 0 Å². The van der Waals surface area contributed by atoms with E-state index in [0.29, 0.717) is 6.04 Å². The van der Waals surface area contributed by atoms with Crippen LogP contribution in [0.2, 0.25) is 0 Å². The smallest absolute Gasteiger partial charge is 0.196 e. The van der Waals surface area contributed by atoms with Crippen LogP contribution < -0.4 is 11.1 Å². The number of nitrogens with one attached hydrogen (secondary N) is 2. The lowest BCUT2D eigenvalue weighted by molar-refractivity contribution is 1.06. The second-order valence-electron chi connectivity index (χ2n) is 3.10. The number of rotatable bonds is 3. The highest BCUT2D eigenvalue weighted by atomic mass is 15.1. The molecule has 0 bridgehead atoms. The van der Waals surface area contributed by atoms with Crippen molar-refractivity contribution in [1.29, 1.82) is 5.41 Å². The van der Waals surface area contributed by atoms with Gasteiger partial charge in [-0.05, 0) is 18.9 Å². The largest absolute Gasteiger partial charge is 0.381 e. The molecule has 0 amide bonds. The van der Waals surface area contributed by atoms with Crippen LogP contribution in [0.25, 0.3) is 0 Å². The van der Waals surface area contributed by atoms with Crippen molar-refractivity contribution >= 4 is 11.7 Å². The number of nitrogens with zero attached hydrogens (tertiary/aromatic N) is 2. The van der Waals surface area contributed by atoms with Crippen LogP contribution in [-0.2, 0) is 0 Å². The quantitative estimate of drug-likeness (QED) is 0.458. The lowest BCUT2D eigenvalue weighted by atomic mass is 10.5. The maximum absolute atomic E-state index is 7.16. The SMILES string of the molecule is N=C(N)c1nccc(NC2CC2)n1. The molecule has 0 aromatic carbocycles. The normalized spacial score (nSPS) is 15.4. The van der Waals surface area contributed by atoms with Gasteiger partial charge in [-0.3, -0.25) is 5.41 Å². The Morgan fingerprint density at radius 1 is 1.62 bits per heavy atom. The Morgan fingerprint density at radius 2 is 2.38 bits per heavy atom. The van der Waals surface area contributed by atoms with Crippen LogP contribution in [0.1, 0.15) is 18.7 Å². The molecule has 68 valence electrons. The molecule has 13 heavy (non-hydrogen) atoms. The van der Waals surface area contributed by atoms with E-state index in [9.17, 15) is 0 Å². The van der Waals surface area contributed by atoms with Crippen LogP contribution >= 0.6 is 0 Å². The molecule has 1 aromatic rings. The maximum Gasteiger partial charge on any atom is 0.196 e. The van der Waals surface area contributed by atoms with Crippen molar-refractivity contribution in [2.75, 3.05) is 5.32 Å². The van der Waals surface area contributed by atoms with Gasteiger partial charge in [0.1, 0.15) is 5.82 Å². The van der Waals surface area contributed by atoms with E-state index in [0.717, 1.165) is 5.82 Å². The molecule has 1 aliphatic carbocycles. The summed E-state index contributed by atoms with van der Waals surface area (Å²) in [6.07, 6.45) is 3.99. The second-order valence-corrected chi connectivity index (χ2v) is 3.10. The number of hydrogen-bond donors (Lipinski definition) is 3. The fourth-order valence-electron chi connectivity index (χ4n) is 1.01. The highest BCUT2D eigenvalue weighted by molar-refractivity contribution is 5.91. The minimum atomic E-state index is -0.0977. The molecule has 0 unspecified atom stereocenters. The third kappa shape index (κ3) is 1.93. The Bertz CT molecular complexity index is 331. The average molecular weight is 177 g/mol. The molecule has 1 aromatic heterocycles. The molecule has 1 saturated carbocycles. The summed E-state index contributed by atoms with van der Waals surface area (Å²) in [5.41, 5.74) is 5.26. The first-order valence-electron chi connectivity index (χ1n) is 4.19. The zero-order chi connectivity index (χ0) is 9.26. The van der Waals surface area contributed by atoms with Crippen molar-refractivity contribution in [2.45, 2.75) is 18.9 Å². The number of nitrogens with two attached hydrogens (primary N) is 1. The summed E-state index contributed by atoms with van der Waals surface area (Å²) in [5.74, 6) is 0.938. The molecule has 4 N–H and O–H groups in total. The van der Waals surface area contributed by atoms with Gasteiger partial charge in [0.2, 0.25) is 0 Å². The third-order valence-corrected chi connectivity index (χ3v) is 1.83. The molecule has 1 heterocycles. The Balaban J connectivity index is 2.15. The Morgan fingerprint density at radius 3 is 3.00 bits per heavy atom. The first kappa shape index (κ1) is 7.97. The van der Waals surface area contributed by atoms with Crippen molar-refractivity contribution in [3.05, 3.63) is 18.1 Å². The first-order chi connectivity index (χ1) is 6.25. The van der Waals surface area contributed by atoms with Gasteiger partial charge in [-0.25, -0.2) is 9.97 Å². The summed E-state index contributed by atoms with van der Waals surface area (Å²) >= 11 is 0. The molecule has 0 spiro atoms. The van der Waals surface area contributed by atoms with Gasteiger partial charge in [0.15, 0.2) is 11.7 Å². The lowest BCUT2D eigenvalue weighted by Gasteiger charge is -2.03. The van der Waals surface area contributed by atoms with Crippen LogP contribution in [0.4, 0.5) is 5.82 Å². The van der Waals surface area contributed by atoms with E-state index in [1.165, 1.54) is 12.8 Å². The maximum atomic E-state index is 7.16. The highest BCUT2D eigenvalue weighted by Crippen LogP contribution is 2.23. The molecule has 5 heteroatoms. The standard InChI is InChI=1S/C8H11N5/c9-7(10)8-11-4-3-6(13-8)12-5-1-2-5/h3-5H,1-2H2,(H3,9,10)(H,11,12,13). The molecule has 5 nitrogen and oxygen atoms in total. The zero-order valence-corrected chi connectivity index (χ0v) is 7.12. The van der Waals surface area contributed by atoms with E-state index < -0.39 is 0 Å². The van der Waals surface area contributed by atoms with Crippen LogP contribution in [-0.4, -0.2) is 21.8 Å². The van der Waals surface area contributed by atoms with Crippen LogP contribution in [0.5, 0.6) is 0 Å². The Labute approximate surface area is 75.9 Å². The van der Waals surface area contributed by atoms with Gasteiger partial charge in [-0.1, -0.05) is 0 Å². The monoisotopic (exact) mass is 177 g/mol. The van der Waals surface area contributed by atoms with E-state index in [-0.39, 0.29) is 11.7 Å². The van der Waals surface area contributed by atoms with Gasteiger partial charge in [0.25, 0.3) is 0 Å². The van der Waals surface area contributed by atoms with Crippen LogP contribution in [0.3, 0.4) is 0 Å². The van der Waals surface area contributed by atoms with E-state index in [1.807, 2.05) is 0 Å². The van der Waals surface area contributed by atoms with E-state index in [1.54, 1.807) is 12.3 Å². The van der Waals surface area contributed by atoms with Crippen molar-refractivity contribution in [1.82, 2.24) is 9.97 Å². The Kier molecular flexibility index (Phi) is 1.84. The van der Waals surface area contributed by atoms with E-state index >= 15 is 0 Å². The molecule has 1 fully saturated rings. The number of amidine groups is 1. The van der Waals surface area contributed by atoms with Crippen molar-refractivity contribution < 1.29 is 0 Å². The summed E-state index contributed by atoms with van der Waals surface area (Å²) in [7, 11) is 0. The average Bonchev–Trinajstić information content (AvgIpc) is 2.89. The topological polar surface area (TPSA) is 87.7 Å². The third-order valence-electron chi connectivity index (χ3n) is 1.83. The predicted molar refractivity (Wildman–Crippen MR) is 49.7 cm³/mol. The van der Waals surface area contributed by atoms with Gasteiger partial charge in [-0.2, -0.15) is 0 Å². The molecule has 0 radical (unpaired) electrons. The number of anilines is 1. The van der Waals surface area contributed by atoms with E-state index in [4.69, 9.17) is 11.1 Å². The fourth-order valence-corrected chi connectivity index (χ4v) is 1.01. The summed E-state index contributed by atoms with van der Waals surface area (Å²) in [6, 6.07) is 2.33. The van der Waals surface area contributed by atoms with Gasteiger partial charge in [0, 0.05) is 12.2 Å². The lowest BCUT2D eigenvalue weighted by Crippen LogP contribution is -2.16. The van der Waals surface area contributed by atoms with Crippen LogP contribution in [0.15, 0.2) is 12.3 Å². The van der Waals surface area contributed by atoms with Crippen molar-refractivity contribution in [2.24, 2.45) is 5.73 Å². The fraction of sp³-hybridized carbons (Fsp3) is 0.375. The molecule has 1 aliphatic rings. The summed E-state index contributed by atoms with van der Waals surface area (Å²) < 4.78 is 0. The molecule has 2 rings (SSSR count). The van der Waals surface area contributed by atoms with Crippen LogP contribution in [0, 0.1) is 5.41 Å². The predicted octanol–water partition coefficient (Wildman–Crippen LogP) is 0.335. The van der Waals surface area contributed by atoms with Gasteiger partial charge in [-0.15, -0.1) is 0 Å². The Hall–Kier alpha value is -1.65. The number of aromatic nitrogens is 2. The highest BCUT2D eigenvalue weighted by Gasteiger charge is 2.21. The first-order valence-corrected chi connectivity index (χ1v) is 4.19. The van der Waals surface area contributed by atoms with Gasteiger partial charge >= 0.3 is 0 Å². The molecule has 0 atom stereocenters. The number of hydrogen-bond acceptors (Lipinski definition) is 4. The van der Waals surface area contributed by atoms with E-state index in [2.05, 4.69) is 15.3 Å². The molecular weight excluding hydrogens is 166 g/mol. The van der Waals surface area contributed by atoms with Gasteiger partial charge in [0.05, 0.1) is 0 Å². The molecule has 0 saturated heterocycles. The minimum Gasteiger partial charge on any atom is -0.381 e.